The van der Waals surface area contributed by atoms with Crippen LogP contribution in [0.5, 0.6) is 0 Å². The molecule has 1 heterocycles. The van der Waals surface area contributed by atoms with Gasteiger partial charge in [-0.05, 0) is 37.3 Å². The number of nitrogens with zero attached hydrogens (tertiary/aromatic N) is 1. The van der Waals surface area contributed by atoms with Crippen molar-refractivity contribution in [2.45, 2.75) is 32.1 Å². The lowest BCUT2D eigenvalue weighted by Gasteiger charge is -2.06. The highest BCUT2D eigenvalue weighted by atomic mass is 16.1. The molecule has 1 fully saturated rings. The Morgan fingerprint density at radius 3 is 2.90 bits per heavy atom. The maximum atomic E-state index is 12.1. The Hall–Kier alpha value is -2.30. The summed E-state index contributed by atoms with van der Waals surface area (Å²) in [7, 11) is 0. The number of nitrogens with two attached hydrogens (primary N) is 1. The third-order valence-electron chi connectivity index (χ3n) is 3.98. The monoisotopic (exact) mass is 284 g/mol. The maximum Gasteiger partial charge on any atom is 0.273 e. The topological polar surface area (TPSA) is 83.8 Å². The number of hydrogen-bond donors (Lipinski definition) is 3. The smallest absolute Gasteiger partial charge is 0.273 e. The third kappa shape index (κ3) is 2.91. The van der Waals surface area contributed by atoms with Gasteiger partial charge >= 0.3 is 0 Å². The van der Waals surface area contributed by atoms with Crippen LogP contribution < -0.4 is 11.1 Å². The van der Waals surface area contributed by atoms with Crippen LogP contribution in [0.3, 0.4) is 0 Å². The number of hydrogen-bond acceptors (Lipinski definition) is 3. The van der Waals surface area contributed by atoms with E-state index in [1.54, 1.807) is 0 Å². The van der Waals surface area contributed by atoms with Crippen LogP contribution in [0.25, 0.3) is 0 Å². The summed E-state index contributed by atoms with van der Waals surface area (Å²) in [4.78, 5) is 12.1. The van der Waals surface area contributed by atoms with Crippen LogP contribution in [-0.2, 0) is 6.42 Å². The van der Waals surface area contributed by atoms with E-state index in [9.17, 15) is 4.79 Å². The van der Waals surface area contributed by atoms with Gasteiger partial charge in [-0.3, -0.25) is 9.89 Å². The molecule has 1 aromatic carbocycles. The van der Waals surface area contributed by atoms with Crippen LogP contribution in [0.4, 0.5) is 5.69 Å². The quantitative estimate of drug-likeness (QED) is 0.786. The van der Waals surface area contributed by atoms with Gasteiger partial charge in [0.2, 0.25) is 0 Å². The number of aromatic amines is 1. The minimum Gasteiger partial charge on any atom is -0.395 e. The summed E-state index contributed by atoms with van der Waals surface area (Å²) in [5.74, 6) is 0.259. The van der Waals surface area contributed by atoms with Gasteiger partial charge < -0.3 is 11.1 Å². The summed E-state index contributed by atoms with van der Waals surface area (Å²) >= 11 is 0. The van der Waals surface area contributed by atoms with Gasteiger partial charge in [-0.15, -0.1) is 0 Å². The number of aromatic nitrogens is 2. The standard InChI is InChI=1S/C16H20N4O/c1-10-4-2-3-5-11(10)8-9-18-16(21)15-13(17)14(19-20-15)12-6-7-12/h2-5,12H,6-9,17H2,1H3,(H,18,21)(H,19,20). The lowest BCUT2D eigenvalue weighted by molar-refractivity contribution is 0.0950. The molecule has 1 aromatic heterocycles. The molecule has 0 aliphatic heterocycles. The van der Waals surface area contributed by atoms with E-state index in [1.807, 2.05) is 12.1 Å². The molecule has 0 radical (unpaired) electrons. The highest BCUT2D eigenvalue weighted by molar-refractivity contribution is 5.97. The van der Waals surface area contributed by atoms with Gasteiger partial charge in [0.25, 0.3) is 5.91 Å². The zero-order valence-electron chi connectivity index (χ0n) is 12.1. The maximum absolute atomic E-state index is 12.1. The largest absolute Gasteiger partial charge is 0.395 e. The van der Waals surface area contributed by atoms with Crippen molar-refractivity contribution in [3.8, 4) is 0 Å². The molecule has 0 atom stereocenters. The average Bonchev–Trinajstić information content (AvgIpc) is 3.24. The average molecular weight is 284 g/mol. The van der Waals surface area contributed by atoms with Gasteiger partial charge in [0.15, 0.2) is 5.69 Å². The number of aryl methyl sites for hydroxylation is 1. The van der Waals surface area contributed by atoms with Gasteiger partial charge in [0.1, 0.15) is 0 Å². The van der Waals surface area contributed by atoms with Crippen molar-refractivity contribution in [2.75, 3.05) is 12.3 Å². The molecule has 2 aromatic rings. The molecule has 0 spiro atoms. The van der Waals surface area contributed by atoms with E-state index in [2.05, 4.69) is 34.6 Å². The number of rotatable bonds is 5. The molecule has 1 aliphatic rings. The van der Waals surface area contributed by atoms with Gasteiger partial charge in [-0.2, -0.15) is 5.10 Å². The van der Waals surface area contributed by atoms with Crippen LogP contribution in [0.15, 0.2) is 24.3 Å². The fourth-order valence-electron chi connectivity index (χ4n) is 2.51. The van der Waals surface area contributed by atoms with Gasteiger partial charge in [-0.1, -0.05) is 24.3 Å². The van der Waals surface area contributed by atoms with Crippen LogP contribution in [0, 0.1) is 6.92 Å². The van der Waals surface area contributed by atoms with Crippen LogP contribution >= 0.6 is 0 Å². The summed E-state index contributed by atoms with van der Waals surface area (Å²) < 4.78 is 0. The Balaban J connectivity index is 1.58. The van der Waals surface area contributed by atoms with E-state index in [4.69, 9.17) is 5.73 Å². The number of anilines is 1. The number of nitrogen functional groups attached to an aromatic ring is 1. The van der Waals surface area contributed by atoms with Gasteiger partial charge in [0, 0.05) is 12.5 Å². The van der Waals surface area contributed by atoms with E-state index < -0.39 is 0 Å². The van der Waals surface area contributed by atoms with Crippen LogP contribution in [0.1, 0.15) is 46.1 Å². The zero-order chi connectivity index (χ0) is 14.8. The first kappa shape index (κ1) is 13.7. The molecule has 1 aliphatic carbocycles. The second kappa shape index (κ2) is 5.60. The van der Waals surface area contributed by atoms with Crippen molar-refractivity contribution in [3.63, 3.8) is 0 Å². The Morgan fingerprint density at radius 1 is 1.43 bits per heavy atom. The predicted octanol–water partition coefficient (Wildman–Crippen LogP) is 2.15. The number of H-pyrrole nitrogens is 1. The fraction of sp³-hybridized carbons (Fsp3) is 0.375. The molecule has 5 heteroatoms. The highest BCUT2D eigenvalue weighted by Gasteiger charge is 2.30. The molecule has 0 bridgehead atoms. The molecule has 21 heavy (non-hydrogen) atoms. The number of amides is 1. The Morgan fingerprint density at radius 2 is 2.19 bits per heavy atom. The third-order valence-corrected chi connectivity index (χ3v) is 3.98. The van der Waals surface area contributed by atoms with E-state index >= 15 is 0 Å². The molecule has 0 unspecified atom stereocenters. The summed E-state index contributed by atoms with van der Waals surface area (Å²) in [6.45, 7) is 2.65. The predicted molar refractivity (Wildman–Crippen MR) is 82.2 cm³/mol. The number of carbonyl (C=O) groups excluding carboxylic acids is 1. The SMILES string of the molecule is Cc1ccccc1CCNC(=O)c1n[nH]c(C2CC2)c1N. The number of benzene rings is 1. The molecule has 1 amide bonds. The Bertz CT molecular complexity index is 658. The number of carbonyl (C=O) groups is 1. The first-order chi connectivity index (χ1) is 10.2. The first-order valence-electron chi connectivity index (χ1n) is 7.33. The molecule has 1 saturated carbocycles. The number of nitrogens with one attached hydrogen (secondary N) is 2. The summed E-state index contributed by atoms with van der Waals surface area (Å²) in [5, 5.41) is 9.84. The van der Waals surface area contributed by atoms with Crippen molar-refractivity contribution in [3.05, 3.63) is 46.8 Å². The summed E-state index contributed by atoms with van der Waals surface area (Å²) in [6, 6.07) is 8.18. The van der Waals surface area contributed by atoms with Crippen molar-refractivity contribution in [1.29, 1.82) is 0 Å². The normalized spacial score (nSPS) is 14.1. The van der Waals surface area contributed by atoms with E-state index in [1.165, 1.54) is 11.1 Å². The minimum absolute atomic E-state index is 0.204. The Kier molecular flexibility index (Phi) is 3.64. The minimum atomic E-state index is -0.204. The van der Waals surface area contributed by atoms with Crippen molar-refractivity contribution in [2.24, 2.45) is 0 Å². The van der Waals surface area contributed by atoms with Crippen molar-refractivity contribution >= 4 is 11.6 Å². The Labute approximate surface area is 123 Å². The molecule has 0 saturated heterocycles. The molecule has 4 N–H and O–H groups in total. The first-order valence-corrected chi connectivity index (χ1v) is 7.33. The van der Waals surface area contributed by atoms with E-state index in [0.29, 0.717) is 23.8 Å². The van der Waals surface area contributed by atoms with Gasteiger partial charge in [0.05, 0.1) is 11.4 Å². The lowest BCUT2D eigenvalue weighted by Crippen LogP contribution is -2.27. The highest BCUT2D eigenvalue weighted by Crippen LogP contribution is 2.42. The van der Waals surface area contributed by atoms with Crippen LogP contribution in [-0.4, -0.2) is 22.6 Å². The van der Waals surface area contributed by atoms with E-state index in [-0.39, 0.29) is 5.91 Å². The van der Waals surface area contributed by atoms with Crippen molar-refractivity contribution < 1.29 is 4.79 Å². The zero-order valence-corrected chi connectivity index (χ0v) is 12.1. The lowest BCUT2D eigenvalue weighted by atomic mass is 10.1. The molecule has 3 rings (SSSR count). The fourth-order valence-corrected chi connectivity index (χ4v) is 2.51. The molecular formula is C16H20N4O. The summed E-state index contributed by atoms with van der Waals surface area (Å²) in [6.07, 6.45) is 3.06. The van der Waals surface area contributed by atoms with Gasteiger partial charge in [-0.25, -0.2) is 0 Å². The van der Waals surface area contributed by atoms with Crippen LogP contribution in [0.2, 0.25) is 0 Å². The second-order valence-corrected chi connectivity index (χ2v) is 5.61. The second-order valence-electron chi connectivity index (χ2n) is 5.61. The van der Waals surface area contributed by atoms with E-state index in [0.717, 1.165) is 25.0 Å². The molecular weight excluding hydrogens is 264 g/mol. The summed E-state index contributed by atoms with van der Waals surface area (Å²) in [5.41, 5.74) is 10.2. The molecule has 5 nitrogen and oxygen atoms in total. The van der Waals surface area contributed by atoms with Crippen molar-refractivity contribution in [1.82, 2.24) is 15.5 Å². The molecule has 110 valence electrons.